The zero-order valence-electron chi connectivity index (χ0n) is 14.3. The van der Waals surface area contributed by atoms with Gasteiger partial charge in [-0.3, -0.25) is 14.5 Å². The minimum atomic E-state index is -0.127. The average molecular weight is 313 g/mol. The van der Waals surface area contributed by atoms with Gasteiger partial charge in [0.2, 0.25) is 0 Å². The van der Waals surface area contributed by atoms with E-state index in [0.717, 1.165) is 12.3 Å². The quantitative estimate of drug-likeness (QED) is 0.753. The van der Waals surface area contributed by atoms with Crippen LogP contribution in [-0.4, -0.2) is 23.3 Å². The molecule has 1 fully saturated rings. The first-order valence-corrected chi connectivity index (χ1v) is 9.05. The summed E-state index contributed by atoms with van der Waals surface area (Å²) in [5.41, 5.74) is 2.38. The lowest BCUT2D eigenvalue weighted by atomic mass is 9.85. The minimum Gasteiger partial charge on any atom is -0.274 e. The first kappa shape index (κ1) is 16.2. The molecule has 0 aromatic heterocycles. The lowest BCUT2D eigenvalue weighted by molar-refractivity contribution is 0.0636. The fraction of sp³-hybridized carbons (Fsp3) is 0.600. The van der Waals surface area contributed by atoms with Crippen molar-refractivity contribution in [3.63, 3.8) is 0 Å². The van der Waals surface area contributed by atoms with Crippen LogP contribution in [-0.2, 0) is 6.42 Å². The highest BCUT2D eigenvalue weighted by Crippen LogP contribution is 2.29. The van der Waals surface area contributed by atoms with Gasteiger partial charge in [-0.1, -0.05) is 52.0 Å². The smallest absolute Gasteiger partial charge is 0.261 e. The van der Waals surface area contributed by atoms with Gasteiger partial charge < -0.3 is 0 Å². The van der Waals surface area contributed by atoms with Gasteiger partial charge in [-0.2, -0.15) is 0 Å². The van der Waals surface area contributed by atoms with E-state index in [9.17, 15) is 9.59 Å². The van der Waals surface area contributed by atoms with Crippen molar-refractivity contribution >= 4 is 11.8 Å². The van der Waals surface area contributed by atoms with E-state index < -0.39 is 0 Å². The van der Waals surface area contributed by atoms with Crippen molar-refractivity contribution in [3.05, 3.63) is 34.9 Å². The molecule has 0 atom stereocenters. The molecule has 23 heavy (non-hydrogen) atoms. The number of imide groups is 1. The fourth-order valence-corrected chi connectivity index (χ4v) is 3.87. The minimum absolute atomic E-state index is 0.113. The Kier molecular flexibility index (Phi) is 4.84. The van der Waals surface area contributed by atoms with Gasteiger partial charge in [0.05, 0.1) is 11.1 Å². The maximum absolute atomic E-state index is 12.5. The number of hydrogen-bond acceptors (Lipinski definition) is 2. The van der Waals surface area contributed by atoms with E-state index in [0.29, 0.717) is 23.6 Å². The van der Waals surface area contributed by atoms with Gasteiger partial charge in [-0.05, 0) is 42.4 Å². The number of amides is 2. The highest BCUT2D eigenvalue weighted by molar-refractivity contribution is 6.21. The van der Waals surface area contributed by atoms with E-state index in [1.807, 2.05) is 32.0 Å². The second-order valence-electron chi connectivity index (χ2n) is 7.54. The van der Waals surface area contributed by atoms with Crippen molar-refractivity contribution < 1.29 is 9.59 Å². The maximum Gasteiger partial charge on any atom is 0.261 e. The molecule has 2 amide bonds. The third kappa shape index (κ3) is 3.49. The second-order valence-corrected chi connectivity index (χ2v) is 7.54. The van der Waals surface area contributed by atoms with Gasteiger partial charge in [-0.25, -0.2) is 0 Å². The van der Waals surface area contributed by atoms with Gasteiger partial charge in [0.15, 0.2) is 0 Å². The third-order valence-corrected chi connectivity index (χ3v) is 5.15. The highest BCUT2D eigenvalue weighted by atomic mass is 16.2. The largest absolute Gasteiger partial charge is 0.274 e. The summed E-state index contributed by atoms with van der Waals surface area (Å²) < 4.78 is 0. The summed E-state index contributed by atoms with van der Waals surface area (Å²) in [4.78, 5) is 26.3. The number of rotatable bonds is 5. The molecule has 1 aliphatic carbocycles. The van der Waals surface area contributed by atoms with E-state index in [1.165, 1.54) is 49.0 Å². The maximum atomic E-state index is 12.5. The number of aryl methyl sites for hydroxylation is 1. The number of carbonyl (C=O) groups excluding carboxylic acids is 2. The average Bonchev–Trinajstić information content (AvgIpc) is 2.78. The Morgan fingerprint density at radius 2 is 1.74 bits per heavy atom. The summed E-state index contributed by atoms with van der Waals surface area (Å²) in [5, 5.41) is 0. The molecule has 3 heteroatoms. The van der Waals surface area contributed by atoms with Crippen LogP contribution in [0.25, 0.3) is 0 Å². The van der Waals surface area contributed by atoms with E-state index in [1.54, 1.807) is 0 Å². The topological polar surface area (TPSA) is 37.4 Å². The standard InChI is InChI=1S/C20H27NO2/c1-14(2)13-21-19(22)17-11-10-16(12-18(17)20(21)23)9-8-15-6-4-3-5-7-15/h10-12,14-15H,3-9,13H2,1-2H3. The van der Waals surface area contributed by atoms with Crippen molar-refractivity contribution in [1.29, 1.82) is 0 Å². The number of carbonyl (C=O) groups is 2. The van der Waals surface area contributed by atoms with Gasteiger partial charge in [-0.15, -0.1) is 0 Å². The molecule has 0 unspecified atom stereocenters. The monoisotopic (exact) mass is 313 g/mol. The number of benzene rings is 1. The number of nitrogens with zero attached hydrogens (tertiary/aromatic N) is 1. The van der Waals surface area contributed by atoms with Gasteiger partial charge in [0.25, 0.3) is 11.8 Å². The van der Waals surface area contributed by atoms with Crippen molar-refractivity contribution in [1.82, 2.24) is 4.90 Å². The first-order chi connectivity index (χ1) is 11.1. The molecule has 0 radical (unpaired) electrons. The zero-order valence-corrected chi connectivity index (χ0v) is 14.3. The van der Waals surface area contributed by atoms with Crippen molar-refractivity contribution in [3.8, 4) is 0 Å². The second kappa shape index (κ2) is 6.86. The summed E-state index contributed by atoms with van der Waals surface area (Å²) in [6.45, 7) is 4.56. The Bertz CT molecular complexity index is 600. The molecule has 0 spiro atoms. The Hall–Kier alpha value is -1.64. The highest BCUT2D eigenvalue weighted by Gasteiger charge is 2.35. The molecule has 3 nitrogen and oxygen atoms in total. The van der Waals surface area contributed by atoms with Crippen LogP contribution in [0.5, 0.6) is 0 Å². The zero-order chi connectivity index (χ0) is 16.4. The summed E-state index contributed by atoms with van der Waals surface area (Å²) in [5.74, 6) is 0.894. The molecule has 0 saturated heterocycles. The number of hydrogen-bond donors (Lipinski definition) is 0. The molecule has 1 saturated carbocycles. The van der Waals surface area contributed by atoms with Crippen LogP contribution in [0.3, 0.4) is 0 Å². The summed E-state index contributed by atoms with van der Waals surface area (Å²) in [6.07, 6.45) is 9.05. The first-order valence-electron chi connectivity index (χ1n) is 9.05. The van der Waals surface area contributed by atoms with E-state index >= 15 is 0 Å². The Morgan fingerprint density at radius 3 is 2.43 bits per heavy atom. The van der Waals surface area contributed by atoms with Crippen LogP contribution in [0.1, 0.15) is 78.7 Å². The SMILES string of the molecule is CC(C)CN1C(=O)c2ccc(CCC3CCCCC3)cc2C1=O. The molecule has 3 rings (SSSR count). The Morgan fingerprint density at radius 1 is 1.04 bits per heavy atom. The third-order valence-electron chi connectivity index (χ3n) is 5.15. The van der Waals surface area contributed by atoms with Crippen LogP contribution >= 0.6 is 0 Å². The van der Waals surface area contributed by atoms with Gasteiger partial charge in [0.1, 0.15) is 0 Å². The molecule has 0 N–H and O–H groups in total. The molecule has 0 bridgehead atoms. The summed E-state index contributed by atoms with van der Waals surface area (Å²) >= 11 is 0. The lowest BCUT2D eigenvalue weighted by Crippen LogP contribution is -2.33. The lowest BCUT2D eigenvalue weighted by Gasteiger charge is -2.21. The van der Waals surface area contributed by atoms with E-state index in [-0.39, 0.29) is 11.8 Å². The van der Waals surface area contributed by atoms with E-state index in [4.69, 9.17) is 0 Å². The number of fused-ring (bicyclic) bond motifs is 1. The van der Waals surface area contributed by atoms with Crippen LogP contribution in [0.2, 0.25) is 0 Å². The van der Waals surface area contributed by atoms with Crippen molar-refractivity contribution in [2.45, 2.75) is 58.8 Å². The van der Waals surface area contributed by atoms with Crippen LogP contribution in [0.4, 0.5) is 0 Å². The van der Waals surface area contributed by atoms with Gasteiger partial charge in [0, 0.05) is 6.54 Å². The normalized spacial score (nSPS) is 18.8. The van der Waals surface area contributed by atoms with Gasteiger partial charge >= 0.3 is 0 Å². The van der Waals surface area contributed by atoms with Crippen LogP contribution in [0.15, 0.2) is 18.2 Å². The molecule has 1 aliphatic heterocycles. The van der Waals surface area contributed by atoms with Crippen molar-refractivity contribution in [2.24, 2.45) is 11.8 Å². The fourth-order valence-electron chi connectivity index (χ4n) is 3.87. The predicted molar refractivity (Wildman–Crippen MR) is 91.5 cm³/mol. The molecule has 1 aromatic rings. The molecular weight excluding hydrogens is 286 g/mol. The predicted octanol–water partition coefficient (Wildman–Crippen LogP) is 4.45. The summed E-state index contributed by atoms with van der Waals surface area (Å²) in [7, 11) is 0. The molecule has 1 aromatic carbocycles. The van der Waals surface area contributed by atoms with Crippen LogP contribution < -0.4 is 0 Å². The molecule has 124 valence electrons. The van der Waals surface area contributed by atoms with E-state index in [2.05, 4.69) is 0 Å². The molecular formula is C20H27NO2. The molecule has 1 heterocycles. The van der Waals surface area contributed by atoms with Crippen molar-refractivity contribution in [2.75, 3.05) is 6.54 Å². The Labute approximate surface area is 139 Å². The molecule has 2 aliphatic rings. The summed E-state index contributed by atoms with van der Waals surface area (Å²) in [6, 6.07) is 5.84. The Balaban J connectivity index is 1.69. The van der Waals surface area contributed by atoms with Crippen LogP contribution in [0, 0.1) is 11.8 Å².